The fourth-order valence-electron chi connectivity index (χ4n) is 3.46. The van der Waals surface area contributed by atoms with Gasteiger partial charge in [-0.25, -0.2) is 4.39 Å². The van der Waals surface area contributed by atoms with E-state index < -0.39 is 17.9 Å². The van der Waals surface area contributed by atoms with Gasteiger partial charge >= 0.3 is 6.18 Å². The zero-order chi connectivity index (χ0) is 19.6. The van der Waals surface area contributed by atoms with E-state index in [2.05, 4.69) is 15.6 Å². The van der Waals surface area contributed by atoms with Gasteiger partial charge < -0.3 is 20.3 Å². The largest absolute Gasteiger partial charge is 0.481 e. The van der Waals surface area contributed by atoms with Crippen molar-refractivity contribution in [2.45, 2.75) is 38.0 Å². The van der Waals surface area contributed by atoms with Crippen molar-refractivity contribution in [1.29, 1.82) is 0 Å². The van der Waals surface area contributed by atoms with Gasteiger partial charge in [0.15, 0.2) is 11.6 Å². The summed E-state index contributed by atoms with van der Waals surface area (Å²) >= 11 is 0. The lowest BCUT2D eigenvalue weighted by atomic mass is 10.1. The Morgan fingerprint density at radius 3 is 2.81 bits per heavy atom. The molecule has 1 aromatic rings. The Balaban J connectivity index is 1.70. The monoisotopic (exact) mass is 390 g/mol. The Morgan fingerprint density at radius 1 is 1.44 bits per heavy atom. The number of alkyl halides is 3. The van der Waals surface area contributed by atoms with Crippen LogP contribution in [0.4, 0.5) is 23.4 Å². The summed E-state index contributed by atoms with van der Waals surface area (Å²) in [7, 11) is 1.34. The molecule has 1 unspecified atom stereocenters. The minimum Gasteiger partial charge on any atom is -0.481 e. The summed E-state index contributed by atoms with van der Waals surface area (Å²) < 4.78 is 58.2. The summed E-state index contributed by atoms with van der Waals surface area (Å²) in [6.45, 7) is 0.539. The first-order valence-corrected chi connectivity index (χ1v) is 8.85. The molecule has 0 bridgehead atoms. The van der Waals surface area contributed by atoms with E-state index in [1.807, 2.05) is 0 Å². The number of nitrogens with zero attached hydrogens (tertiary/aromatic N) is 2. The maximum Gasteiger partial charge on any atom is 0.393 e. The number of carbonyl (C=O) groups excluding carboxylic acids is 1. The molecule has 1 aromatic heterocycles. The summed E-state index contributed by atoms with van der Waals surface area (Å²) in [4.78, 5) is 17.4. The van der Waals surface area contributed by atoms with Gasteiger partial charge in [0.05, 0.1) is 19.1 Å². The van der Waals surface area contributed by atoms with E-state index in [1.165, 1.54) is 12.0 Å². The van der Waals surface area contributed by atoms with Crippen molar-refractivity contribution in [1.82, 2.24) is 15.6 Å². The number of hydrogen-bond donors (Lipinski definition) is 2. The van der Waals surface area contributed by atoms with Crippen LogP contribution in [-0.4, -0.2) is 49.9 Å². The van der Waals surface area contributed by atoms with E-state index >= 15 is 0 Å². The summed E-state index contributed by atoms with van der Waals surface area (Å²) in [5.74, 6) is -2.50. The van der Waals surface area contributed by atoms with Crippen LogP contribution in [0.25, 0.3) is 0 Å². The number of pyridine rings is 1. The second-order valence-electron chi connectivity index (χ2n) is 6.80. The number of rotatable bonds is 5. The number of ether oxygens (including phenoxy) is 1. The number of methoxy groups -OCH3 is 1. The van der Waals surface area contributed by atoms with Crippen molar-refractivity contribution in [2.24, 2.45) is 5.92 Å². The molecule has 2 aliphatic rings. The van der Waals surface area contributed by atoms with Gasteiger partial charge in [0.2, 0.25) is 11.8 Å². The summed E-state index contributed by atoms with van der Waals surface area (Å²) in [6, 6.07) is 0.890. The molecule has 3 rings (SSSR count). The second kappa shape index (κ2) is 7.87. The third-order valence-corrected chi connectivity index (χ3v) is 4.97. The molecular weight excluding hydrogens is 368 g/mol. The van der Waals surface area contributed by atoms with Crippen LogP contribution in [0.1, 0.15) is 24.8 Å². The lowest BCUT2D eigenvalue weighted by Crippen LogP contribution is -2.40. The molecule has 0 radical (unpaired) electrons. The Bertz CT molecular complexity index is 692. The van der Waals surface area contributed by atoms with Crippen LogP contribution >= 0.6 is 0 Å². The van der Waals surface area contributed by atoms with E-state index in [-0.39, 0.29) is 49.7 Å². The molecule has 10 heteroatoms. The van der Waals surface area contributed by atoms with E-state index in [4.69, 9.17) is 4.74 Å². The molecule has 0 aliphatic carbocycles. The lowest BCUT2D eigenvalue weighted by molar-refractivity contribution is -0.168. The second-order valence-corrected chi connectivity index (χ2v) is 6.80. The summed E-state index contributed by atoms with van der Waals surface area (Å²) in [5, 5.41) is 5.77. The van der Waals surface area contributed by atoms with E-state index in [1.54, 1.807) is 0 Å². The highest BCUT2D eigenvalue weighted by atomic mass is 19.4. The minimum atomic E-state index is -4.31. The zero-order valence-corrected chi connectivity index (χ0v) is 14.9. The van der Waals surface area contributed by atoms with Crippen LogP contribution in [-0.2, 0) is 11.3 Å². The average molecular weight is 390 g/mol. The number of carbonyl (C=O) groups is 1. The standard InChI is InChI=1S/C17H22F4N4O2/c1-27-16-10(8-23-15(26)13-3-2-5-22-13)7-12(18)14(24-16)25-6-4-11(9-25)17(19,20)21/h7,11,13,22H,2-6,8-9H2,1H3,(H,23,26)/t11?,13-/m0/s1. The average Bonchev–Trinajstić information content (AvgIpc) is 3.30. The molecule has 3 heterocycles. The molecule has 2 aliphatic heterocycles. The van der Waals surface area contributed by atoms with Crippen LogP contribution in [0, 0.1) is 11.7 Å². The van der Waals surface area contributed by atoms with Crippen molar-refractivity contribution >= 4 is 11.7 Å². The molecule has 2 atom stereocenters. The van der Waals surface area contributed by atoms with Crippen molar-refractivity contribution in [3.63, 3.8) is 0 Å². The molecule has 6 nitrogen and oxygen atoms in total. The quantitative estimate of drug-likeness (QED) is 0.753. The Morgan fingerprint density at radius 2 is 2.22 bits per heavy atom. The van der Waals surface area contributed by atoms with E-state index in [0.29, 0.717) is 5.56 Å². The molecule has 2 N–H and O–H groups in total. The first-order valence-electron chi connectivity index (χ1n) is 8.85. The van der Waals surface area contributed by atoms with Gasteiger partial charge in [-0.1, -0.05) is 0 Å². The summed E-state index contributed by atoms with van der Waals surface area (Å²) in [6.07, 6.45) is -2.75. The number of amides is 1. The van der Waals surface area contributed by atoms with Gasteiger partial charge in [0.25, 0.3) is 0 Å². The summed E-state index contributed by atoms with van der Waals surface area (Å²) in [5.41, 5.74) is 0.330. The van der Waals surface area contributed by atoms with Crippen LogP contribution in [0.15, 0.2) is 6.07 Å². The van der Waals surface area contributed by atoms with Crippen LogP contribution in [0.3, 0.4) is 0 Å². The highest BCUT2D eigenvalue weighted by molar-refractivity contribution is 5.82. The molecule has 0 spiro atoms. The predicted octanol–water partition coefficient (Wildman–Crippen LogP) is 1.99. The third kappa shape index (κ3) is 4.42. The number of aromatic nitrogens is 1. The van der Waals surface area contributed by atoms with Crippen LogP contribution < -0.4 is 20.3 Å². The molecule has 27 heavy (non-hydrogen) atoms. The lowest BCUT2D eigenvalue weighted by Gasteiger charge is -2.21. The molecule has 2 fully saturated rings. The number of hydrogen-bond acceptors (Lipinski definition) is 5. The Hall–Kier alpha value is -2.10. The fourth-order valence-corrected chi connectivity index (χ4v) is 3.46. The molecule has 1 amide bonds. The minimum absolute atomic E-state index is 0.0234. The normalized spacial score (nSPS) is 22.9. The maximum atomic E-state index is 14.5. The SMILES string of the molecule is COc1nc(N2CCC(C(F)(F)F)C2)c(F)cc1CNC(=O)[C@@H]1CCCN1. The Kier molecular flexibility index (Phi) is 5.73. The maximum absolute atomic E-state index is 14.5. The fraction of sp³-hybridized carbons (Fsp3) is 0.647. The predicted molar refractivity (Wildman–Crippen MR) is 90.0 cm³/mol. The number of anilines is 1. The smallest absolute Gasteiger partial charge is 0.393 e. The van der Waals surface area contributed by atoms with Gasteiger partial charge in [-0.3, -0.25) is 4.79 Å². The van der Waals surface area contributed by atoms with Crippen molar-refractivity contribution in [3.8, 4) is 5.88 Å². The molecule has 2 saturated heterocycles. The van der Waals surface area contributed by atoms with Gasteiger partial charge in [-0.2, -0.15) is 18.2 Å². The van der Waals surface area contributed by atoms with Gasteiger partial charge in [0, 0.05) is 25.2 Å². The molecule has 0 saturated carbocycles. The Labute approximate surface area is 154 Å². The highest BCUT2D eigenvalue weighted by Gasteiger charge is 2.44. The van der Waals surface area contributed by atoms with Crippen molar-refractivity contribution in [3.05, 3.63) is 17.4 Å². The van der Waals surface area contributed by atoms with Crippen molar-refractivity contribution in [2.75, 3.05) is 31.6 Å². The first kappa shape index (κ1) is 19.7. The molecule has 0 aromatic carbocycles. The number of halogens is 4. The topological polar surface area (TPSA) is 66.5 Å². The first-order chi connectivity index (χ1) is 12.8. The van der Waals surface area contributed by atoms with Gasteiger partial charge in [-0.15, -0.1) is 0 Å². The van der Waals surface area contributed by atoms with Crippen molar-refractivity contribution < 1.29 is 27.1 Å². The zero-order valence-electron chi connectivity index (χ0n) is 14.9. The third-order valence-electron chi connectivity index (χ3n) is 4.97. The highest BCUT2D eigenvalue weighted by Crippen LogP contribution is 2.36. The van der Waals surface area contributed by atoms with E-state index in [0.717, 1.165) is 25.5 Å². The van der Waals surface area contributed by atoms with Crippen LogP contribution in [0.2, 0.25) is 0 Å². The molecular formula is C17H22F4N4O2. The van der Waals surface area contributed by atoms with Crippen LogP contribution in [0.5, 0.6) is 5.88 Å². The van der Waals surface area contributed by atoms with Gasteiger partial charge in [-0.05, 0) is 31.9 Å². The molecule has 150 valence electrons. The number of nitrogens with one attached hydrogen (secondary N) is 2. The van der Waals surface area contributed by atoms with E-state index in [9.17, 15) is 22.4 Å². The van der Waals surface area contributed by atoms with Gasteiger partial charge in [0.1, 0.15) is 0 Å².